The molecule has 5 nitrogen and oxygen atoms in total. The van der Waals surface area contributed by atoms with E-state index in [-0.39, 0.29) is 0 Å². The van der Waals surface area contributed by atoms with Gasteiger partial charge in [0, 0.05) is 32.3 Å². The molecule has 0 aliphatic carbocycles. The van der Waals surface area contributed by atoms with Gasteiger partial charge >= 0.3 is 0 Å². The van der Waals surface area contributed by atoms with Gasteiger partial charge in [-0.3, -0.25) is 0 Å². The van der Waals surface area contributed by atoms with Crippen LogP contribution in [-0.2, 0) is 4.74 Å². The number of nitrogens with one attached hydrogen (secondary N) is 1. The normalized spacial score (nSPS) is 10.7. The molecule has 1 aromatic heterocycles. The van der Waals surface area contributed by atoms with Crippen molar-refractivity contribution in [3.63, 3.8) is 0 Å². The minimum Gasteiger partial charge on any atom is -0.383 e. The van der Waals surface area contributed by atoms with Gasteiger partial charge in [-0.05, 0) is 20.3 Å². The molecule has 1 rings (SSSR count). The van der Waals surface area contributed by atoms with Crippen molar-refractivity contribution in [3.05, 3.63) is 12.4 Å². The molecule has 0 bridgehead atoms. The molecule has 0 radical (unpaired) electrons. The summed E-state index contributed by atoms with van der Waals surface area (Å²) < 4.78 is 5.14. The SMILES string of the molecule is CCCNc1cc(N(CCOC)C(C)C)ncn1. The molecular weight excluding hydrogens is 228 g/mol. The van der Waals surface area contributed by atoms with Crippen molar-refractivity contribution in [3.8, 4) is 0 Å². The molecule has 0 saturated heterocycles. The van der Waals surface area contributed by atoms with Crippen molar-refractivity contribution in [2.24, 2.45) is 0 Å². The van der Waals surface area contributed by atoms with Crippen LogP contribution in [0.25, 0.3) is 0 Å². The lowest BCUT2D eigenvalue weighted by molar-refractivity contribution is 0.203. The first-order chi connectivity index (χ1) is 8.69. The van der Waals surface area contributed by atoms with Gasteiger partial charge in [0.25, 0.3) is 0 Å². The highest BCUT2D eigenvalue weighted by Crippen LogP contribution is 2.16. The van der Waals surface area contributed by atoms with Crippen LogP contribution in [0.15, 0.2) is 12.4 Å². The largest absolute Gasteiger partial charge is 0.383 e. The molecule has 1 N–H and O–H groups in total. The van der Waals surface area contributed by atoms with Gasteiger partial charge in [0.15, 0.2) is 0 Å². The summed E-state index contributed by atoms with van der Waals surface area (Å²) in [4.78, 5) is 10.8. The summed E-state index contributed by atoms with van der Waals surface area (Å²) in [6.45, 7) is 8.89. The smallest absolute Gasteiger partial charge is 0.134 e. The molecule has 0 saturated carbocycles. The van der Waals surface area contributed by atoms with Crippen LogP contribution < -0.4 is 10.2 Å². The van der Waals surface area contributed by atoms with E-state index in [1.54, 1.807) is 13.4 Å². The zero-order valence-electron chi connectivity index (χ0n) is 11.8. The Morgan fingerprint density at radius 1 is 1.39 bits per heavy atom. The number of hydrogen-bond acceptors (Lipinski definition) is 5. The lowest BCUT2D eigenvalue weighted by Crippen LogP contribution is -2.34. The Morgan fingerprint density at radius 2 is 2.17 bits per heavy atom. The first-order valence-corrected chi connectivity index (χ1v) is 6.50. The van der Waals surface area contributed by atoms with Gasteiger partial charge in [-0.25, -0.2) is 9.97 Å². The van der Waals surface area contributed by atoms with E-state index in [1.165, 1.54) is 0 Å². The van der Waals surface area contributed by atoms with Crippen LogP contribution >= 0.6 is 0 Å². The van der Waals surface area contributed by atoms with E-state index < -0.39 is 0 Å². The highest BCUT2D eigenvalue weighted by Gasteiger charge is 2.12. The van der Waals surface area contributed by atoms with Gasteiger partial charge < -0.3 is 15.0 Å². The van der Waals surface area contributed by atoms with Gasteiger partial charge in [0.1, 0.15) is 18.0 Å². The number of nitrogens with zero attached hydrogens (tertiary/aromatic N) is 3. The minimum absolute atomic E-state index is 0.383. The van der Waals surface area contributed by atoms with Gasteiger partial charge in [0.05, 0.1) is 6.61 Å². The number of hydrogen-bond donors (Lipinski definition) is 1. The van der Waals surface area contributed by atoms with Crippen LogP contribution in [0.3, 0.4) is 0 Å². The molecule has 0 aliphatic rings. The number of aromatic nitrogens is 2. The minimum atomic E-state index is 0.383. The quantitative estimate of drug-likeness (QED) is 0.768. The molecule has 0 amide bonds. The first kappa shape index (κ1) is 14.7. The van der Waals surface area contributed by atoms with Gasteiger partial charge in [-0.1, -0.05) is 6.92 Å². The zero-order chi connectivity index (χ0) is 13.4. The molecule has 18 heavy (non-hydrogen) atoms. The van der Waals surface area contributed by atoms with Crippen molar-refractivity contribution in [2.75, 3.05) is 37.0 Å². The second-order valence-electron chi connectivity index (χ2n) is 4.47. The Balaban J connectivity index is 2.77. The maximum atomic E-state index is 5.14. The van der Waals surface area contributed by atoms with Crippen molar-refractivity contribution >= 4 is 11.6 Å². The van der Waals surface area contributed by atoms with E-state index in [2.05, 4.69) is 41.0 Å². The molecule has 5 heteroatoms. The number of methoxy groups -OCH3 is 1. The molecule has 102 valence electrons. The molecule has 1 aromatic rings. The summed E-state index contributed by atoms with van der Waals surface area (Å²) in [6.07, 6.45) is 2.69. The summed E-state index contributed by atoms with van der Waals surface area (Å²) in [5, 5.41) is 3.28. The van der Waals surface area contributed by atoms with Crippen LogP contribution in [-0.4, -0.2) is 42.8 Å². The summed E-state index contributed by atoms with van der Waals surface area (Å²) in [6, 6.07) is 2.37. The van der Waals surface area contributed by atoms with E-state index in [9.17, 15) is 0 Å². The van der Waals surface area contributed by atoms with E-state index >= 15 is 0 Å². The predicted octanol–water partition coefficient (Wildman–Crippen LogP) is 2.16. The van der Waals surface area contributed by atoms with E-state index in [1.807, 2.05) is 6.07 Å². The number of ether oxygens (including phenoxy) is 1. The summed E-state index contributed by atoms with van der Waals surface area (Å²) >= 11 is 0. The van der Waals surface area contributed by atoms with Crippen molar-refractivity contribution in [2.45, 2.75) is 33.2 Å². The fraction of sp³-hybridized carbons (Fsp3) is 0.692. The Morgan fingerprint density at radius 3 is 2.78 bits per heavy atom. The maximum Gasteiger partial charge on any atom is 0.134 e. The summed E-state index contributed by atoms with van der Waals surface area (Å²) in [5.74, 6) is 1.82. The molecule has 1 heterocycles. The van der Waals surface area contributed by atoms with Gasteiger partial charge in [-0.2, -0.15) is 0 Å². The summed E-state index contributed by atoms with van der Waals surface area (Å²) in [5.41, 5.74) is 0. The fourth-order valence-electron chi connectivity index (χ4n) is 1.68. The highest BCUT2D eigenvalue weighted by atomic mass is 16.5. The second kappa shape index (κ2) is 7.87. The molecule has 0 fully saturated rings. The standard InChI is InChI=1S/C13H24N4O/c1-5-6-14-12-9-13(16-10-15-12)17(11(2)3)7-8-18-4/h9-11H,5-8H2,1-4H3,(H,14,15,16). The Kier molecular flexibility index (Phi) is 6.43. The lowest BCUT2D eigenvalue weighted by atomic mass is 10.3. The molecule has 0 spiro atoms. The van der Waals surface area contributed by atoms with Crippen molar-refractivity contribution < 1.29 is 4.74 Å². The van der Waals surface area contributed by atoms with Crippen LogP contribution in [0, 0.1) is 0 Å². The molecular formula is C13H24N4O. The third-order valence-electron chi connectivity index (χ3n) is 2.66. The second-order valence-corrected chi connectivity index (χ2v) is 4.47. The summed E-state index contributed by atoms with van der Waals surface area (Å²) in [7, 11) is 1.71. The maximum absolute atomic E-state index is 5.14. The molecule has 0 aromatic carbocycles. The fourth-order valence-corrected chi connectivity index (χ4v) is 1.68. The van der Waals surface area contributed by atoms with E-state index in [0.717, 1.165) is 31.1 Å². The number of rotatable bonds is 8. The van der Waals surface area contributed by atoms with E-state index in [0.29, 0.717) is 12.6 Å². The Hall–Kier alpha value is -1.36. The van der Waals surface area contributed by atoms with Crippen LogP contribution in [0.5, 0.6) is 0 Å². The van der Waals surface area contributed by atoms with E-state index in [4.69, 9.17) is 4.74 Å². The van der Waals surface area contributed by atoms with Crippen LogP contribution in [0.2, 0.25) is 0 Å². The third-order valence-corrected chi connectivity index (χ3v) is 2.66. The number of anilines is 2. The van der Waals surface area contributed by atoms with Crippen molar-refractivity contribution in [1.82, 2.24) is 9.97 Å². The predicted molar refractivity (Wildman–Crippen MR) is 75.2 cm³/mol. The first-order valence-electron chi connectivity index (χ1n) is 6.50. The monoisotopic (exact) mass is 252 g/mol. The molecule has 0 unspecified atom stereocenters. The Bertz CT molecular complexity index is 344. The third kappa shape index (κ3) is 4.49. The van der Waals surface area contributed by atoms with Crippen LogP contribution in [0.1, 0.15) is 27.2 Å². The van der Waals surface area contributed by atoms with Gasteiger partial charge in [-0.15, -0.1) is 0 Å². The average Bonchev–Trinajstić information content (AvgIpc) is 2.37. The average molecular weight is 252 g/mol. The van der Waals surface area contributed by atoms with Gasteiger partial charge in [0.2, 0.25) is 0 Å². The topological polar surface area (TPSA) is 50.3 Å². The molecule has 0 aliphatic heterocycles. The van der Waals surface area contributed by atoms with Crippen molar-refractivity contribution in [1.29, 1.82) is 0 Å². The van der Waals surface area contributed by atoms with Crippen LogP contribution in [0.4, 0.5) is 11.6 Å². The lowest BCUT2D eigenvalue weighted by Gasteiger charge is -2.27. The zero-order valence-corrected chi connectivity index (χ0v) is 11.8. The Labute approximate surface area is 110 Å². The molecule has 0 atom stereocenters. The highest BCUT2D eigenvalue weighted by molar-refractivity contribution is 5.48.